The Bertz CT molecular complexity index is 350. The summed E-state index contributed by atoms with van der Waals surface area (Å²) in [6, 6.07) is 2.88. The van der Waals surface area contributed by atoms with Crippen molar-refractivity contribution >= 4 is 21.9 Å². The van der Waals surface area contributed by atoms with Gasteiger partial charge in [-0.05, 0) is 41.2 Å². The molecule has 0 saturated carbocycles. The molecule has 1 rings (SSSR count). The predicted molar refractivity (Wildman–Crippen MR) is 65.2 cm³/mol. The first-order valence-corrected chi connectivity index (χ1v) is 5.97. The molecule has 0 aliphatic heterocycles. The van der Waals surface area contributed by atoms with Gasteiger partial charge in [-0.1, -0.05) is 13.8 Å². The van der Waals surface area contributed by atoms with Crippen LogP contribution in [0.5, 0.6) is 0 Å². The monoisotopic (exact) mass is 286 g/mol. The maximum Gasteiger partial charge on any atom is 0.327 e. The molecule has 1 atom stereocenters. The summed E-state index contributed by atoms with van der Waals surface area (Å²) >= 11 is 3.28. The number of carbonyl (C=O) groups is 1. The van der Waals surface area contributed by atoms with Crippen molar-refractivity contribution in [1.29, 1.82) is 0 Å². The fraction of sp³-hybridized carbons (Fsp3) is 0.455. The second-order valence-electron chi connectivity index (χ2n) is 3.36. The van der Waals surface area contributed by atoms with Crippen molar-refractivity contribution in [2.24, 2.45) is 0 Å². The lowest BCUT2D eigenvalue weighted by Gasteiger charge is -2.25. The molecule has 0 saturated heterocycles. The molecule has 1 aromatic heterocycles. The zero-order chi connectivity index (χ0) is 12.1. The van der Waals surface area contributed by atoms with Crippen molar-refractivity contribution in [2.45, 2.75) is 19.9 Å². The summed E-state index contributed by atoms with van der Waals surface area (Å²) in [4.78, 5) is 17.3. The minimum atomic E-state index is -0.862. The molecule has 5 heteroatoms. The number of carboxylic acid groups (broad SMARTS) is 1. The minimum absolute atomic E-state index is 0.569. The molecule has 4 nitrogen and oxygen atoms in total. The third kappa shape index (κ3) is 3.02. The van der Waals surface area contributed by atoms with Crippen molar-refractivity contribution in [1.82, 2.24) is 9.88 Å². The molecule has 0 aliphatic rings. The van der Waals surface area contributed by atoms with E-state index < -0.39 is 12.0 Å². The molecule has 16 heavy (non-hydrogen) atoms. The van der Waals surface area contributed by atoms with Gasteiger partial charge in [-0.15, -0.1) is 0 Å². The van der Waals surface area contributed by atoms with Crippen molar-refractivity contribution < 1.29 is 9.90 Å². The Hall–Kier alpha value is -0.940. The van der Waals surface area contributed by atoms with E-state index in [4.69, 9.17) is 0 Å². The molecule has 0 spiro atoms. The molecule has 1 aromatic rings. The summed E-state index contributed by atoms with van der Waals surface area (Å²) in [5, 5.41) is 9.24. The molecule has 0 amide bonds. The van der Waals surface area contributed by atoms with Crippen molar-refractivity contribution in [3.8, 4) is 0 Å². The van der Waals surface area contributed by atoms with Crippen LogP contribution >= 0.6 is 15.9 Å². The third-order valence-corrected chi connectivity index (χ3v) is 2.91. The molecule has 0 fully saturated rings. The van der Waals surface area contributed by atoms with Gasteiger partial charge in [-0.25, -0.2) is 0 Å². The Morgan fingerprint density at radius 1 is 1.50 bits per heavy atom. The Labute approximate surface area is 103 Å². The number of aliphatic carboxylic acids is 1. The van der Waals surface area contributed by atoms with Gasteiger partial charge in [0.2, 0.25) is 0 Å². The highest BCUT2D eigenvalue weighted by Gasteiger charge is 2.26. The van der Waals surface area contributed by atoms with E-state index in [0.717, 1.165) is 4.47 Å². The Balaban J connectivity index is 3.02. The van der Waals surface area contributed by atoms with E-state index in [1.165, 1.54) is 0 Å². The highest BCUT2D eigenvalue weighted by molar-refractivity contribution is 9.10. The van der Waals surface area contributed by atoms with Crippen LogP contribution in [0, 0.1) is 0 Å². The summed E-state index contributed by atoms with van der Waals surface area (Å²) in [5.41, 5.74) is 0.569. The minimum Gasteiger partial charge on any atom is -0.480 e. The van der Waals surface area contributed by atoms with Gasteiger partial charge < -0.3 is 5.11 Å². The number of likely N-dealkylation sites (N-methyl/N-ethyl adjacent to an activating group) is 1. The third-order valence-electron chi connectivity index (χ3n) is 2.44. The Morgan fingerprint density at radius 2 is 2.12 bits per heavy atom. The van der Waals surface area contributed by atoms with Crippen molar-refractivity contribution in [3.63, 3.8) is 0 Å². The van der Waals surface area contributed by atoms with Crippen LogP contribution < -0.4 is 0 Å². The lowest BCUT2D eigenvalue weighted by Crippen LogP contribution is -2.34. The fourth-order valence-electron chi connectivity index (χ4n) is 1.61. The van der Waals surface area contributed by atoms with Crippen LogP contribution in [0.3, 0.4) is 0 Å². The van der Waals surface area contributed by atoms with Gasteiger partial charge in [0, 0.05) is 10.7 Å². The summed E-state index contributed by atoms with van der Waals surface area (Å²) in [6.07, 6.45) is 1.62. The number of rotatable bonds is 5. The van der Waals surface area contributed by atoms with Crippen LogP contribution in [0.25, 0.3) is 0 Å². The molecular formula is C11H15BrN2O2. The van der Waals surface area contributed by atoms with Crippen LogP contribution in [0.4, 0.5) is 0 Å². The number of nitrogens with zero attached hydrogens (tertiary/aromatic N) is 2. The standard InChI is InChI=1S/C11H15BrN2O2/c1-3-14(4-2)10(11(15)16)9-6-5-8(12)7-13-9/h5-7,10H,3-4H2,1-2H3,(H,15,16). The fourth-order valence-corrected chi connectivity index (χ4v) is 1.84. The second-order valence-corrected chi connectivity index (χ2v) is 4.28. The van der Waals surface area contributed by atoms with E-state index >= 15 is 0 Å². The van der Waals surface area contributed by atoms with Gasteiger partial charge in [0.25, 0.3) is 0 Å². The first-order chi connectivity index (χ1) is 7.60. The summed E-state index contributed by atoms with van der Waals surface area (Å²) in [6.45, 7) is 5.26. The normalized spacial score (nSPS) is 12.8. The van der Waals surface area contributed by atoms with Gasteiger partial charge in [-0.2, -0.15) is 0 Å². The number of aromatic nitrogens is 1. The van der Waals surface area contributed by atoms with Gasteiger partial charge in [0.05, 0.1) is 5.69 Å². The molecule has 1 heterocycles. The number of halogens is 1. The van der Waals surface area contributed by atoms with Crippen LogP contribution in [0.2, 0.25) is 0 Å². The first-order valence-electron chi connectivity index (χ1n) is 5.18. The number of carboxylic acids is 1. The average Bonchev–Trinajstić information content (AvgIpc) is 2.27. The molecule has 0 aliphatic carbocycles. The van der Waals surface area contributed by atoms with E-state index in [2.05, 4.69) is 20.9 Å². The van der Waals surface area contributed by atoms with Crippen LogP contribution in [0.1, 0.15) is 25.6 Å². The van der Waals surface area contributed by atoms with E-state index in [-0.39, 0.29) is 0 Å². The van der Waals surface area contributed by atoms with Gasteiger partial charge in [0.15, 0.2) is 6.04 Å². The molecule has 1 unspecified atom stereocenters. The highest BCUT2D eigenvalue weighted by Crippen LogP contribution is 2.20. The van der Waals surface area contributed by atoms with Crippen LogP contribution in [-0.4, -0.2) is 34.0 Å². The Kier molecular flexibility index (Phi) is 4.89. The van der Waals surface area contributed by atoms with E-state index in [9.17, 15) is 9.90 Å². The van der Waals surface area contributed by atoms with Crippen LogP contribution in [-0.2, 0) is 4.79 Å². The van der Waals surface area contributed by atoms with E-state index in [0.29, 0.717) is 18.8 Å². The second kappa shape index (κ2) is 5.96. The van der Waals surface area contributed by atoms with Crippen molar-refractivity contribution in [3.05, 3.63) is 28.5 Å². The summed E-state index contributed by atoms with van der Waals surface area (Å²) in [5.74, 6) is -0.862. The van der Waals surface area contributed by atoms with E-state index in [1.807, 2.05) is 24.8 Å². The highest BCUT2D eigenvalue weighted by atomic mass is 79.9. The molecular weight excluding hydrogens is 272 g/mol. The zero-order valence-electron chi connectivity index (χ0n) is 9.35. The number of pyridine rings is 1. The SMILES string of the molecule is CCN(CC)C(C(=O)O)c1ccc(Br)cn1. The van der Waals surface area contributed by atoms with Gasteiger partial charge >= 0.3 is 5.97 Å². The lowest BCUT2D eigenvalue weighted by atomic mass is 10.1. The summed E-state index contributed by atoms with van der Waals surface area (Å²) < 4.78 is 0.847. The smallest absolute Gasteiger partial charge is 0.327 e. The Morgan fingerprint density at radius 3 is 2.50 bits per heavy atom. The maximum absolute atomic E-state index is 11.3. The number of hydrogen-bond acceptors (Lipinski definition) is 3. The zero-order valence-corrected chi connectivity index (χ0v) is 10.9. The molecule has 0 aromatic carbocycles. The van der Waals surface area contributed by atoms with Crippen LogP contribution in [0.15, 0.2) is 22.8 Å². The largest absolute Gasteiger partial charge is 0.480 e. The average molecular weight is 287 g/mol. The molecule has 88 valence electrons. The maximum atomic E-state index is 11.3. The predicted octanol–water partition coefficient (Wildman–Crippen LogP) is 2.31. The quantitative estimate of drug-likeness (QED) is 0.903. The van der Waals surface area contributed by atoms with Crippen molar-refractivity contribution in [2.75, 3.05) is 13.1 Å². The number of hydrogen-bond donors (Lipinski definition) is 1. The summed E-state index contributed by atoms with van der Waals surface area (Å²) in [7, 11) is 0. The van der Waals surface area contributed by atoms with Gasteiger partial charge in [0.1, 0.15) is 0 Å². The van der Waals surface area contributed by atoms with E-state index in [1.54, 1.807) is 12.3 Å². The molecule has 0 bridgehead atoms. The topological polar surface area (TPSA) is 53.4 Å². The van der Waals surface area contributed by atoms with Gasteiger partial charge in [-0.3, -0.25) is 14.7 Å². The molecule has 1 N–H and O–H groups in total. The lowest BCUT2D eigenvalue weighted by molar-refractivity contribution is -0.143. The molecule has 0 radical (unpaired) electrons. The first kappa shape index (κ1) is 13.1.